The number of hydrogen-bond acceptors (Lipinski definition) is 4. The molecule has 1 amide bonds. The molecular formula is C15H18N2O2S. The van der Waals surface area contributed by atoms with Crippen LogP contribution in [0.15, 0.2) is 41.8 Å². The standard InChI is InChI=1S/C15H18N2O2S/c1-19-14-7-3-2-6-13(14)17-11-15(18)16-9-8-12-5-4-10-20-12/h2-7,10,17H,8-9,11H2,1H3,(H,16,18). The maximum atomic E-state index is 11.7. The Hall–Kier alpha value is -2.01. The summed E-state index contributed by atoms with van der Waals surface area (Å²) < 4.78 is 5.21. The van der Waals surface area contributed by atoms with Crippen LogP contribution in [-0.4, -0.2) is 26.1 Å². The van der Waals surface area contributed by atoms with E-state index in [9.17, 15) is 4.79 Å². The minimum atomic E-state index is -0.0209. The van der Waals surface area contributed by atoms with Crippen molar-refractivity contribution in [3.63, 3.8) is 0 Å². The third kappa shape index (κ3) is 4.28. The summed E-state index contributed by atoms with van der Waals surface area (Å²) >= 11 is 1.71. The number of nitrogens with one attached hydrogen (secondary N) is 2. The first kappa shape index (κ1) is 14.4. The highest BCUT2D eigenvalue weighted by Crippen LogP contribution is 2.22. The molecule has 4 nitrogen and oxygen atoms in total. The second-order valence-electron chi connectivity index (χ2n) is 4.23. The third-order valence-corrected chi connectivity index (χ3v) is 3.76. The number of hydrogen-bond donors (Lipinski definition) is 2. The van der Waals surface area contributed by atoms with Gasteiger partial charge in [0.15, 0.2) is 0 Å². The molecule has 0 aliphatic heterocycles. The summed E-state index contributed by atoms with van der Waals surface area (Å²) in [6, 6.07) is 11.6. The van der Waals surface area contributed by atoms with E-state index in [2.05, 4.69) is 16.7 Å². The van der Waals surface area contributed by atoms with Crippen LogP contribution in [-0.2, 0) is 11.2 Å². The van der Waals surface area contributed by atoms with Gasteiger partial charge in [0.25, 0.3) is 0 Å². The van der Waals surface area contributed by atoms with E-state index >= 15 is 0 Å². The fraction of sp³-hybridized carbons (Fsp3) is 0.267. The van der Waals surface area contributed by atoms with Gasteiger partial charge in [0.1, 0.15) is 5.75 Å². The van der Waals surface area contributed by atoms with E-state index in [1.807, 2.05) is 35.7 Å². The number of para-hydroxylation sites is 2. The SMILES string of the molecule is COc1ccccc1NCC(=O)NCCc1cccs1. The number of carbonyl (C=O) groups is 1. The van der Waals surface area contributed by atoms with E-state index in [1.165, 1.54) is 4.88 Å². The Kier molecular flexibility index (Phi) is 5.43. The van der Waals surface area contributed by atoms with Crippen LogP contribution in [0.25, 0.3) is 0 Å². The minimum absolute atomic E-state index is 0.0209. The highest BCUT2D eigenvalue weighted by molar-refractivity contribution is 7.09. The lowest BCUT2D eigenvalue weighted by Crippen LogP contribution is -2.31. The highest BCUT2D eigenvalue weighted by Gasteiger charge is 2.04. The monoisotopic (exact) mass is 290 g/mol. The van der Waals surface area contributed by atoms with Crippen LogP contribution in [0.2, 0.25) is 0 Å². The quantitative estimate of drug-likeness (QED) is 0.824. The summed E-state index contributed by atoms with van der Waals surface area (Å²) in [7, 11) is 1.61. The Morgan fingerprint density at radius 3 is 2.85 bits per heavy atom. The van der Waals surface area contributed by atoms with Crippen molar-refractivity contribution >= 4 is 22.9 Å². The normalized spacial score (nSPS) is 10.1. The molecule has 1 aromatic carbocycles. The molecule has 0 unspecified atom stereocenters. The summed E-state index contributed by atoms with van der Waals surface area (Å²) in [5.74, 6) is 0.714. The number of carbonyl (C=O) groups excluding carboxylic acids is 1. The average molecular weight is 290 g/mol. The van der Waals surface area contributed by atoms with Gasteiger partial charge in [0.2, 0.25) is 5.91 Å². The Morgan fingerprint density at radius 1 is 1.25 bits per heavy atom. The molecule has 0 saturated carbocycles. The van der Waals surface area contributed by atoms with Crippen molar-refractivity contribution in [3.8, 4) is 5.75 Å². The molecule has 20 heavy (non-hydrogen) atoms. The van der Waals surface area contributed by atoms with Crippen LogP contribution in [0.5, 0.6) is 5.75 Å². The molecule has 1 heterocycles. The lowest BCUT2D eigenvalue weighted by molar-refractivity contribution is -0.119. The Labute approximate surface area is 122 Å². The number of ether oxygens (including phenoxy) is 1. The second kappa shape index (κ2) is 7.55. The largest absolute Gasteiger partial charge is 0.495 e. The van der Waals surface area contributed by atoms with Gasteiger partial charge in [-0.25, -0.2) is 0 Å². The molecule has 0 aliphatic carbocycles. The molecular weight excluding hydrogens is 272 g/mol. The van der Waals surface area contributed by atoms with Crippen molar-refractivity contribution in [1.82, 2.24) is 5.32 Å². The van der Waals surface area contributed by atoms with Gasteiger partial charge in [0.05, 0.1) is 19.3 Å². The van der Waals surface area contributed by atoms with E-state index in [0.29, 0.717) is 6.54 Å². The van der Waals surface area contributed by atoms with Crippen molar-refractivity contribution in [2.24, 2.45) is 0 Å². The Bertz CT molecular complexity index is 541. The molecule has 2 aromatic rings. The fourth-order valence-electron chi connectivity index (χ4n) is 1.81. The highest BCUT2D eigenvalue weighted by atomic mass is 32.1. The predicted molar refractivity (Wildman–Crippen MR) is 82.5 cm³/mol. The number of rotatable bonds is 7. The Morgan fingerprint density at radius 2 is 2.10 bits per heavy atom. The smallest absolute Gasteiger partial charge is 0.239 e. The summed E-state index contributed by atoms with van der Waals surface area (Å²) in [5, 5.41) is 8.01. The van der Waals surface area contributed by atoms with Crippen LogP contribution in [0.3, 0.4) is 0 Å². The van der Waals surface area contributed by atoms with Crippen molar-refractivity contribution in [2.45, 2.75) is 6.42 Å². The van der Waals surface area contributed by atoms with Crippen LogP contribution in [0.4, 0.5) is 5.69 Å². The average Bonchev–Trinajstić information content (AvgIpc) is 2.98. The maximum absolute atomic E-state index is 11.7. The molecule has 0 atom stereocenters. The molecule has 0 aliphatic rings. The minimum Gasteiger partial charge on any atom is -0.495 e. The predicted octanol–water partition coefficient (Wildman–Crippen LogP) is 2.53. The summed E-state index contributed by atoms with van der Waals surface area (Å²) in [6.45, 7) is 0.901. The molecule has 2 N–H and O–H groups in total. The lowest BCUT2D eigenvalue weighted by Gasteiger charge is -2.10. The van der Waals surface area contributed by atoms with Gasteiger partial charge in [-0.3, -0.25) is 4.79 Å². The first-order valence-corrected chi connectivity index (χ1v) is 7.33. The number of thiophene rings is 1. The van der Waals surface area contributed by atoms with Crippen molar-refractivity contribution in [1.29, 1.82) is 0 Å². The zero-order valence-electron chi connectivity index (χ0n) is 11.4. The van der Waals surface area contributed by atoms with Gasteiger partial charge in [-0.1, -0.05) is 18.2 Å². The van der Waals surface area contributed by atoms with Crippen molar-refractivity contribution in [2.75, 3.05) is 25.5 Å². The molecule has 0 saturated heterocycles. The van der Waals surface area contributed by atoms with E-state index in [4.69, 9.17) is 4.74 Å². The maximum Gasteiger partial charge on any atom is 0.239 e. The van der Waals surface area contributed by atoms with E-state index < -0.39 is 0 Å². The third-order valence-electron chi connectivity index (χ3n) is 2.82. The zero-order chi connectivity index (χ0) is 14.2. The van der Waals surface area contributed by atoms with Crippen LogP contribution in [0, 0.1) is 0 Å². The fourth-order valence-corrected chi connectivity index (χ4v) is 2.52. The number of amides is 1. The van der Waals surface area contributed by atoms with E-state index in [0.717, 1.165) is 17.9 Å². The molecule has 2 rings (SSSR count). The van der Waals surface area contributed by atoms with E-state index in [-0.39, 0.29) is 12.5 Å². The second-order valence-corrected chi connectivity index (χ2v) is 5.27. The van der Waals surface area contributed by atoms with Crippen molar-refractivity contribution < 1.29 is 9.53 Å². The van der Waals surface area contributed by atoms with Gasteiger partial charge in [-0.15, -0.1) is 11.3 Å². The molecule has 106 valence electrons. The van der Waals surface area contributed by atoms with E-state index in [1.54, 1.807) is 18.4 Å². The van der Waals surface area contributed by atoms with Crippen LogP contribution >= 0.6 is 11.3 Å². The molecule has 1 aromatic heterocycles. The molecule has 0 bridgehead atoms. The zero-order valence-corrected chi connectivity index (χ0v) is 12.2. The number of anilines is 1. The molecule has 0 spiro atoms. The van der Waals surface area contributed by atoms with Gasteiger partial charge in [-0.2, -0.15) is 0 Å². The van der Waals surface area contributed by atoms with Gasteiger partial charge >= 0.3 is 0 Å². The summed E-state index contributed by atoms with van der Waals surface area (Å²) in [4.78, 5) is 13.0. The van der Waals surface area contributed by atoms with Gasteiger partial charge < -0.3 is 15.4 Å². The van der Waals surface area contributed by atoms with Crippen LogP contribution < -0.4 is 15.4 Å². The number of benzene rings is 1. The lowest BCUT2D eigenvalue weighted by atomic mass is 10.3. The first-order valence-electron chi connectivity index (χ1n) is 6.45. The summed E-state index contributed by atoms with van der Waals surface area (Å²) in [6.07, 6.45) is 0.873. The first-order chi connectivity index (χ1) is 9.79. The molecule has 0 fully saturated rings. The molecule has 5 heteroatoms. The van der Waals surface area contributed by atoms with Gasteiger partial charge in [-0.05, 0) is 30.0 Å². The Balaban J connectivity index is 1.72. The van der Waals surface area contributed by atoms with Crippen molar-refractivity contribution in [3.05, 3.63) is 46.7 Å². The summed E-state index contributed by atoms with van der Waals surface area (Å²) in [5.41, 5.74) is 0.823. The number of methoxy groups -OCH3 is 1. The van der Waals surface area contributed by atoms with Crippen LogP contribution in [0.1, 0.15) is 4.88 Å². The topological polar surface area (TPSA) is 50.4 Å². The molecule has 0 radical (unpaired) electrons. The van der Waals surface area contributed by atoms with Gasteiger partial charge in [0, 0.05) is 11.4 Å².